The third-order valence-electron chi connectivity index (χ3n) is 8.51. The fourth-order valence-electron chi connectivity index (χ4n) is 5.96. The first kappa shape index (κ1) is 28.4. The lowest BCUT2D eigenvalue weighted by molar-refractivity contribution is 0.589. The molecule has 0 aliphatic rings. The van der Waals surface area contributed by atoms with E-state index in [1.807, 2.05) is 12.4 Å². The first-order valence-corrected chi connectivity index (χ1v) is 15.4. The highest BCUT2D eigenvalue weighted by Crippen LogP contribution is 2.39. The van der Waals surface area contributed by atoms with E-state index >= 15 is 0 Å². The zero-order valence-corrected chi connectivity index (χ0v) is 26.1. The van der Waals surface area contributed by atoms with Gasteiger partial charge in [0.05, 0.1) is 11.2 Å². The van der Waals surface area contributed by atoms with Crippen molar-refractivity contribution >= 4 is 10.9 Å². The van der Waals surface area contributed by atoms with Gasteiger partial charge in [0.25, 0.3) is 0 Å². The van der Waals surface area contributed by atoms with Crippen LogP contribution in [0.25, 0.3) is 66.7 Å². The molecule has 0 aliphatic carbocycles. The van der Waals surface area contributed by atoms with Gasteiger partial charge in [-0.15, -0.1) is 0 Å². The van der Waals surface area contributed by atoms with Crippen LogP contribution in [0.15, 0.2) is 140 Å². The van der Waals surface area contributed by atoms with Gasteiger partial charge in [-0.05, 0) is 93.2 Å². The molecule has 0 spiro atoms. The van der Waals surface area contributed by atoms with E-state index in [1.54, 1.807) is 6.33 Å². The number of aryl methyl sites for hydroxylation is 1. The van der Waals surface area contributed by atoms with Crippen LogP contribution in [0.5, 0.6) is 0 Å². The highest BCUT2D eigenvalue weighted by Gasteiger charge is 2.17. The summed E-state index contributed by atoms with van der Waals surface area (Å²) in [5.41, 5.74) is 14.7. The van der Waals surface area contributed by atoms with Crippen molar-refractivity contribution < 1.29 is 0 Å². The van der Waals surface area contributed by atoms with Crippen molar-refractivity contribution in [3.8, 4) is 55.8 Å². The van der Waals surface area contributed by atoms with E-state index in [-0.39, 0.29) is 5.41 Å². The van der Waals surface area contributed by atoms with Gasteiger partial charge in [0, 0.05) is 28.9 Å². The van der Waals surface area contributed by atoms with Crippen LogP contribution in [-0.2, 0) is 5.41 Å². The van der Waals surface area contributed by atoms with Crippen LogP contribution in [0.4, 0.5) is 0 Å². The molecular formula is C42H35N3. The van der Waals surface area contributed by atoms with Crippen molar-refractivity contribution in [1.82, 2.24) is 15.0 Å². The van der Waals surface area contributed by atoms with Gasteiger partial charge < -0.3 is 0 Å². The molecular weight excluding hydrogens is 546 g/mol. The normalized spacial score (nSPS) is 11.6. The van der Waals surface area contributed by atoms with Gasteiger partial charge in [-0.3, -0.25) is 4.98 Å². The predicted octanol–water partition coefficient (Wildman–Crippen LogP) is 11.0. The van der Waals surface area contributed by atoms with Crippen molar-refractivity contribution in [2.24, 2.45) is 0 Å². The Morgan fingerprint density at radius 1 is 0.511 bits per heavy atom. The fourth-order valence-corrected chi connectivity index (χ4v) is 5.96. The van der Waals surface area contributed by atoms with Crippen LogP contribution >= 0.6 is 0 Å². The van der Waals surface area contributed by atoms with Gasteiger partial charge in [0.1, 0.15) is 6.33 Å². The number of rotatable bonds is 5. The predicted molar refractivity (Wildman–Crippen MR) is 188 cm³/mol. The second-order valence-corrected chi connectivity index (χ2v) is 12.7. The third kappa shape index (κ3) is 5.77. The van der Waals surface area contributed by atoms with Gasteiger partial charge in [-0.25, -0.2) is 9.97 Å². The number of hydrogen-bond acceptors (Lipinski definition) is 3. The number of hydrogen-bond donors (Lipinski definition) is 0. The van der Waals surface area contributed by atoms with Crippen molar-refractivity contribution in [3.63, 3.8) is 0 Å². The summed E-state index contributed by atoms with van der Waals surface area (Å²) in [6.07, 6.45) is 5.50. The minimum Gasteiger partial charge on any atom is -0.256 e. The second kappa shape index (κ2) is 11.6. The molecule has 2 heterocycles. The quantitative estimate of drug-likeness (QED) is 0.203. The summed E-state index contributed by atoms with van der Waals surface area (Å²) in [4.78, 5) is 14.0. The number of nitrogens with zero attached hydrogens (tertiary/aromatic N) is 3. The zero-order valence-electron chi connectivity index (χ0n) is 26.1. The van der Waals surface area contributed by atoms with E-state index in [0.29, 0.717) is 0 Å². The Labute approximate surface area is 265 Å². The van der Waals surface area contributed by atoms with Crippen LogP contribution in [-0.4, -0.2) is 15.0 Å². The number of aromatic nitrogens is 3. The fraction of sp³-hybridized carbons (Fsp3) is 0.119. The van der Waals surface area contributed by atoms with Gasteiger partial charge in [-0.1, -0.05) is 111 Å². The molecule has 0 saturated carbocycles. The average Bonchev–Trinajstić information content (AvgIpc) is 3.08. The maximum absolute atomic E-state index is 4.84. The topological polar surface area (TPSA) is 38.7 Å². The highest BCUT2D eigenvalue weighted by atomic mass is 14.8. The van der Waals surface area contributed by atoms with E-state index in [0.717, 1.165) is 44.4 Å². The average molecular weight is 582 g/mol. The number of benzene rings is 5. The summed E-state index contributed by atoms with van der Waals surface area (Å²) in [6, 6.07) is 43.5. The molecule has 7 aromatic rings. The standard InChI is InChI=1S/C42H35N3/c1-28-13-15-30(16-14-28)34-22-33(29-9-6-5-7-10-29)23-35(24-34)37-17-18-38(41-39(37)26-43-27-45-41)31-11-8-12-32(21-31)40-25-36(19-20-44-40)42(2,3)4/h5-27H,1-4H3. The Hall–Kier alpha value is -5.41. The summed E-state index contributed by atoms with van der Waals surface area (Å²) < 4.78 is 0. The second-order valence-electron chi connectivity index (χ2n) is 12.7. The van der Waals surface area contributed by atoms with Crippen molar-refractivity contribution in [3.05, 3.63) is 151 Å². The molecule has 45 heavy (non-hydrogen) atoms. The maximum Gasteiger partial charge on any atom is 0.116 e. The molecule has 7 rings (SSSR count). The Morgan fingerprint density at radius 2 is 1.16 bits per heavy atom. The van der Waals surface area contributed by atoms with Crippen LogP contribution in [0.3, 0.4) is 0 Å². The van der Waals surface area contributed by atoms with E-state index in [1.165, 1.54) is 33.4 Å². The summed E-state index contributed by atoms with van der Waals surface area (Å²) >= 11 is 0. The Bertz CT molecular complexity index is 2140. The molecule has 2 aromatic heterocycles. The summed E-state index contributed by atoms with van der Waals surface area (Å²) in [5, 5.41) is 1.02. The lowest BCUT2D eigenvalue weighted by Crippen LogP contribution is -2.11. The molecule has 0 fully saturated rings. The summed E-state index contributed by atoms with van der Waals surface area (Å²) in [5.74, 6) is 0. The monoisotopic (exact) mass is 581 g/mol. The molecule has 3 heteroatoms. The first-order chi connectivity index (χ1) is 21.8. The van der Waals surface area contributed by atoms with Crippen molar-refractivity contribution in [1.29, 1.82) is 0 Å². The molecule has 0 radical (unpaired) electrons. The molecule has 218 valence electrons. The smallest absolute Gasteiger partial charge is 0.116 e. The molecule has 0 aliphatic heterocycles. The first-order valence-electron chi connectivity index (χ1n) is 15.4. The van der Waals surface area contributed by atoms with Crippen LogP contribution < -0.4 is 0 Å². The van der Waals surface area contributed by atoms with E-state index < -0.39 is 0 Å². The van der Waals surface area contributed by atoms with Gasteiger partial charge >= 0.3 is 0 Å². The minimum absolute atomic E-state index is 0.0510. The maximum atomic E-state index is 4.84. The van der Waals surface area contributed by atoms with Crippen molar-refractivity contribution in [2.75, 3.05) is 0 Å². The van der Waals surface area contributed by atoms with Gasteiger partial charge in [0.2, 0.25) is 0 Å². The van der Waals surface area contributed by atoms with E-state index in [2.05, 4.69) is 154 Å². The van der Waals surface area contributed by atoms with Crippen molar-refractivity contribution in [2.45, 2.75) is 33.1 Å². The lowest BCUT2D eigenvalue weighted by atomic mass is 9.86. The molecule has 0 amide bonds. The summed E-state index contributed by atoms with van der Waals surface area (Å²) in [6.45, 7) is 8.82. The zero-order chi connectivity index (χ0) is 31.0. The Balaban J connectivity index is 1.37. The number of fused-ring (bicyclic) bond motifs is 1. The Morgan fingerprint density at radius 3 is 1.91 bits per heavy atom. The molecule has 0 unspecified atom stereocenters. The minimum atomic E-state index is 0.0510. The number of pyridine rings is 1. The molecule has 0 N–H and O–H groups in total. The van der Waals surface area contributed by atoms with Crippen LogP contribution in [0.1, 0.15) is 31.9 Å². The largest absolute Gasteiger partial charge is 0.256 e. The molecule has 0 bridgehead atoms. The molecule has 0 saturated heterocycles. The van der Waals surface area contributed by atoms with Gasteiger partial charge in [0.15, 0.2) is 0 Å². The highest BCUT2D eigenvalue weighted by molar-refractivity contribution is 6.03. The van der Waals surface area contributed by atoms with Crippen LogP contribution in [0, 0.1) is 6.92 Å². The molecule has 5 aromatic carbocycles. The van der Waals surface area contributed by atoms with Gasteiger partial charge in [-0.2, -0.15) is 0 Å². The third-order valence-corrected chi connectivity index (χ3v) is 8.51. The molecule has 0 atom stereocenters. The SMILES string of the molecule is Cc1ccc(-c2cc(-c3ccccc3)cc(-c3ccc(-c4cccc(-c5cc(C(C)(C)C)ccn5)c4)c4ncncc34)c2)cc1. The van der Waals surface area contributed by atoms with Crippen LogP contribution in [0.2, 0.25) is 0 Å². The Kier molecular flexibility index (Phi) is 7.31. The lowest BCUT2D eigenvalue weighted by Gasteiger charge is -2.19. The molecule has 3 nitrogen and oxygen atoms in total. The summed E-state index contributed by atoms with van der Waals surface area (Å²) in [7, 11) is 0. The van der Waals surface area contributed by atoms with E-state index in [4.69, 9.17) is 9.97 Å². The van der Waals surface area contributed by atoms with E-state index in [9.17, 15) is 0 Å².